The van der Waals surface area contributed by atoms with Crippen LogP contribution in [0.4, 0.5) is 5.82 Å². The lowest BCUT2D eigenvalue weighted by Crippen LogP contribution is -2.27. The molecule has 4 heteroatoms. The fourth-order valence-electron chi connectivity index (χ4n) is 2.18. The summed E-state index contributed by atoms with van der Waals surface area (Å²) in [6.07, 6.45) is 5.05. The molecule has 0 fully saturated rings. The highest BCUT2D eigenvalue weighted by molar-refractivity contribution is 5.39. The summed E-state index contributed by atoms with van der Waals surface area (Å²) in [4.78, 5) is 9.14. The Hall–Kier alpha value is -1.13. The van der Waals surface area contributed by atoms with Crippen LogP contribution in [0.5, 0.6) is 0 Å². The normalized spacial score (nSPS) is 12.7. The number of pyridine rings is 1. The Morgan fingerprint density at radius 1 is 1.20 bits per heavy atom. The number of aromatic nitrogens is 1. The van der Waals surface area contributed by atoms with E-state index in [1.54, 1.807) is 0 Å². The van der Waals surface area contributed by atoms with Crippen molar-refractivity contribution in [2.75, 3.05) is 38.6 Å². The molecule has 0 aliphatic carbocycles. The number of nitrogens with zero attached hydrogens (tertiary/aromatic N) is 3. The molecule has 1 aromatic heterocycles. The van der Waals surface area contributed by atoms with Crippen LogP contribution in [0.2, 0.25) is 0 Å². The predicted octanol–water partition coefficient (Wildman–Crippen LogP) is 2.14. The zero-order valence-electron chi connectivity index (χ0n) is 13.5. The van der Waals surface area contributed by atoms with E-state index in [1.165, 1.54) is 5.56 Å². The van der Waals surface area contributed by atoms with Crippen molar-refractivity contribution in [3.05, 3.63) is 23.9 Å². The summed E-state index contributed by atoms with van der Waals surface area (Å²) in [5.74, 6) is 1.07. The van der Waals surface area contributed by atoms with Crippen LogP contribution in [-0.4, -0.2) is 49.7 Å². The van der Waals surface area contributed by atoms with Crippen molar-refractivity contribution in [1.82, 2.24) is 9.88 Å². The highest BCUT2D eigenvalue weighted by Gasteiger charge is 2.07. The lowest BCUT2D eigenvalue weighted by molar-refractivity contribution is 0.400. The Balaban J connectivity index is 2.55. The van der Waals surface area contributed by atoms with Crippen LogP contribution in [-0.2, 0) is 6.42 Å². The lowest BCUT2D eigenvalue weighted by Gasteiger charge is -2.23. The van der Waals surface area contributed by atoms with Crippen LogP contribution in [0.25, 0.3) is 0 Å². The van der Waals surface area contributed by atoms with Gasteiger partial charge in [0.2, 0.25) is 0 Å². The van der Waals surface area contributed by atoms with Gasteiger partial charge < -0.3 is 15.5 Å². The van der Waals surface area contributed by atoms with E-state index in [1.807, 2.05) is 6.20 Å². The van der Waals surface area contributed by atoms with Crippen LogP contribution in [0.3, 0.4) is 0 Å². The third-order valence-corrected chi connectivity index (χ3v) is 3.57. The molecule has 0 radical (unpaired) electrons. The Kier molecular flexibility index (Phi) is 7.55. The van der Waals surface area contributed by atoms with Crippen molar-refractivity contribution in [3.63, 3.8) is 0 Å². The second kappa shape index (κ2) is 8.93. The maximum Gasteiger partial charge on any atom is 0.128 e. The Labute approximate surface area is 124 Å². The second-order valence-corrected chi connectivity index (χ2v) is 5.63. The number of nitrogens with two attached hydrogens (primary N) is 1. The van der Waals surface area contributed by atoms with Crippen molar-refractivity contribution in [2.45, 2.75) is 39.2 Å². The molecule has 0 aliphatic heterocycles. The van der Waals surface area contributed by atoms with E-state index in [4.69, 9.17) is 5.73 Å². The third-order valence-electron chi connectivity index (χ3n) is 3.57. The molecule has 0 amide bonds. The van der Waals surface area contributed by atoms with Crippen LogP contribution in [0.1, 0.15) is 32.3 Å². The van der Waals surface area contributed by atoms with Crippen LogP contribution in [0.15, 0.2) is 18.3 Å². The first-order chi connectivity index (χ1) is 9.56. The van der Waals surface area contributed by atoms with Crippen LogP contribution in [0, 0.1) is 0 Å². The van der Waals surface area contributed by atoms with Gasteiger partial charge in [0.25, 0.3) is 0 Å². The van der Waals surface area contributed by atoms with Gasteiger partial charge in [-0.1, -0.05) is 13.0 Å². The Morgan fingerprint density at radius 3 is 2.45 bits per heavy atom. The summed E-state index contributed by atoms with van der Waals surface area (Å²) in [5.41, 5.74) is 7.21. The maximum atomic E-state index is 5.98. The molecular weight excluding hydrogens is 248 g/mol. The minimum atomic E-state index is 0.241. The number of hydrogen-bond acceptors (Lipinski definition) is 4. The van der Waals surface area contributed by atoms with Gasteiger partial charge in [-0.15, -0.1) is 0 Å². The third kappa shape index (κ3) is 5.88. The first kappa shape index (κ1) is 16.9. The van der Waals surface area contributed by atoms with Crippen LogP contribution >= 0.6 is 0 Å². The van der Waals surface area contributed by atoms with Crippen molar-refractivity contribution in [2.24, 2.45) is 5.73 Å². The zero-order valence-corrected chi connectivity index (χ0v) is 13.5. The molecule has 1 heterocycles. The minimum Gasteiger partial charge on any atom is -0.357 e. The molecule has 0 aromatic carbocycles. The number of rotatable bonds is 9. The number of anilines is 1. The Morgan fingerprint density at radius 2 is 1.95 bits per heavy atom. The summed E-state index contributed by atoms with van der Waals surface area (Å²) in [7, 11) is 4.22. The summed E-state index contributed by atoms with van der Waals surface area (Å²) in [6, 6.07) is 4.52. The van der Waals surface area contributed by atoms with Crippen molar-refractivity contribution >= 4 is 5.82 Å². The average molecular weight is 278 g/mol. The van der Waals surface area contributed by atoms with E-state index in [-0.39, 0.29) is 6.04 Å². The summed E-state index contributed by atoms with van der Waals surface area (Å²) >= 11 is 0. The molecule has 0 bridgehead atoms. The highest BCUT2D eigenvalue weighted by atomic mass is 15.2. The van der Waals surface area contributed by atoms with Gasteiger partial charge in [-0.3, -0.25) is 0 Å². The van der Waals surface area contributed by atoms with Gasteiger partial charge in [-0.05, 0) is 58.5 Å². The fourth-order valence-corrected chi connectivity index (χ4v) is 2.18. The lowest BCUT2D eigenvalue weighted by atomic mass is 10.1. The summed E-state index contributed by atoms with van der Waals surface area (Å²) < 4.78 is 0. The molecule has 114 valence electrons. The van der Waals surface area contributed by atoms with Gasteiger partial charge in [0.15, 0.2) is 0 Å². The molecule has 0 saturated heterocycles. The molecular formula is C16H30N4. The highest BCUT2D eigenvalue weighted by Crippen LogP contribution is 2.13. The molecule has 0 spiro atoms. The first-order valence-corrected chi connectivity index (χ1v) is 7.67. The van der Waals surface area contributed by atoms with E-state index < -0.39 is 0 Å². The molecule has 1 atom stereocenters. The molecule has 0 saturated carbocycles. The molecule has 1 unspecified atom stereocenters. The topological polar surface area (TPSA) is 45.4 Å². The second-order valence-electron chi connectivity index (χ2n) is 5.63. The SMILES string of the molecule is CCC(N)Cc1ccc(N(CC)CCCN(C)C)nc1. The molecule has 0 aliphatic rings. The molecule has 4 nitrogen and oxygen atoms in total. The van der Waals surface area contributed by atoms with Crippen molar-refractivity contribution in [3.8, 4) is 0 Å². The van der Waals surface area contributed by atoms with Crippen LogP contribution < -0.4 is 10.6 Å². The van der Waals surface area contributed by atoms with E-state index in [2.05, 4.69) is 54.9 Å². The average Bonchev–Trinajstić information content (AvgIpc) is 2.44. The zero-order chi connectivity index (χ0) is 15.0. The van der Waals surface area contributed by atoms with E-state index in [9.17, 15) is 0 Å². The molecule has 2 N–H and O–H groups in total. The van der Waals surface area contributed by atoms with Crippen molar-refractivity contribution in [1.29, 1.82) is 0 Å². The van der Waals surface area contributed by atoms with Gasteiger partial charge in [-0.25, -0.2) is 4.98 Å². The van der Waals surface area contributed by atoms with E-state index >= 15 is 0 Å². The van der Waals surface area contributed by atoms with Gasteiger partial charge in [0, 0.05) is 25.3 Å². The fraction of sp³-hybridized carbons (Fsp3) is 0.688. The molecule has 20 heavy (non-hydrogen) atoms. The number of hydrogen-bond donors (Lipinski definition) is 1. The maximum absolute atomic E-state index is 5.98. The van der Waals surface area contributed by atoms with Gasteiger partial charge >= 0.3 is 0 Å². The molecule has 1 rings (SSSR count). The van der Waals surface area contributed by atoms with Gasteiger partial charge in [0.1, 0.15) is 5.82 Å². The van der Waals surface area contributed by atoms with E-state index in [0.29, 0.717) is 0 Å². The standard InChI is InChI=1S/C16H30N4/c1-5-15(17)12-14-8-9-16(18-13-14)20(6-2)11-7-10-19(3)4/h8-9,13,15H,5-7,10-12,17H2,1-4H3. The largest absolute Gasteiger partial charge is 0.357 e. The molecule has 1 aromatic rings. The Bertz CT molecular complexity index is 361. The van der Waals surface area contributed by atoms with Gasteiger partial charge in [0.05, 0.1) is 0 Å². The van der Waals surface area contributed by atoms with Gasteiger partial charge in [-0.2, -0.15) is 0 Å². The minimum absolute atomic E-state index is 0.241. The summed E-state index contributed by atoms with van der Waals surface area (Å²) in [5, 5.41) is 0. The predicted molar refractivity (Wildman–Crippen MR) is 87.3 cm³/mol. The van der Waals surface area contributed by atoms with E-state index in [0.717, 1.165) is 44.7 Å². The quantitative estimate of drug-likeness (QED) is 0.752. The summed E-state index contributed by atoms with van der Waals surface area (Å²) in [6.45, 7) is 7.46. The monoisotopic (exact) mass is 278 g/mol. The van der Waals surface area contributed by atoms with Crippen molar-refractivity contribution < 1.29 is 0 Å². The smallest absolute Gasteiger partial charge is 0.128 e. The first-order valence-electron chi connectivity index (χ1n) is 7.67.